The quantitative estimate of drug-likeness (QED) is 0.251. The molecule has 1 heterocycles. The standard InChI is InChI=1S/C22H22N4O3S.C2HF3O2/c23-24-14-16-5-7-17(8-6-16)15-26-12-11-21(22(26)27)25-30(28,29)20-10-9-18-3-1-2-4-19(18)13-20;3-2(4,5)1(6)7/h1-10,13-14,21,25H,11-12,15,23H2;(H,6,7)/t21-;/m0./s1. The number of alkyl halides is 3. The van der Waals surface area contributed by atoms with E-state index in [9.17, 15) is 26.4 Å². The molecule has 1 amide bonds. The lowest BCUT2D eigenvalue weighted by Crippen LogP contribution is -2.41. The van der Waals surface area contributed by atoms with Crippen molar-refractivity contribution < 1.29 is 36.3 Å². The van der Waals surface area contributed by atoms with Crippen LogP contribution in [0.25, 0.3) is 10.8 Å². The Morgan fingerprint density at radius 1 is 1.11 bits per heavy atom. The van der Waals surface area contributed by atoms with E-state index in [1.165, 1.54) is 0 Å². The van der Waals surface area contributed by atoms with E-state index >= 15 is 0 Å². The van der Waals surface area contributed by atoms with Crippen LogP contribution in [0.3, 0.4) is 0 Å². The summed E-state index contributed by atoms with van der Waals surface area (Å²) in [4.78, 5) is 23.5. The van der Waals surface area contributed by atoms with Crippen LogP contribution < -0.4 is 10.6 Å². The highest BCUT2D eigenvalue weighted by Gasteiger charge is 2.38. The predicted octanol–water partition coefficient (Wildman–Crippen LogP) is 2.85. The van der Waals surface area contributed by atoms with Gasteiger partial charge in [-0.2, -0.15) is 23.0 Å². The Balaban J connectivity index is 0.000000479. The summed E-state index contributed by atoms with van der Waals surface area (Å²) >= 11 is 0. The zero-order chi connectivity index (χ0) is 27.2. The first-order valence-corrected chi connectivity index (χ1v) is 12.3. The molecule has 4 rings (SSSR count). The number of carboxylic acid groups (broad SMARTS) is 1. The van der Waals surface area contributed by atoms with Gasteiger partial charge in [-0.15, -0.1) is 0 Å². The summed E-state index contributed by atoms with van der Waals surface area (Å²) in [5.74, 6) is 2.17. The highest BCUT2D eigenvalue weighted by Crippen LogP contribution is 2.21. The van der Waals surface area contributed by atoms with E-state index in [1.807, 2.05) is 48.5 Å². The average molecular weight is 537 g/mol. The molecular weight excluding hydrogens is 513 g/mol. The number of sulfonamides is 1. The molecule has 3 aromatic rings. The van der Waals surface area contributed by atoms with Gasteiger partial charge in [-0.25, -0.2) is 13.2 Å². The van der Waals surface area contributed by atoms with E-state index in [-0.39, 0.29) is 10.8 Å². The van der Waals surface area contributed by atoms with Gasteiger partial charge in [0, 0.05) is 13.1 Å². The summed E-state index contributed by atoms with van der Waals surface area (Å²) in [6.45, 7) is 0.919. The Labute approximate surface area is 210 Å². The maximum atomic E-state index is 12.8. The van der Waals surface area contributed by atoms with Gasteiger partial charge in [0.05, 0.1) is 11.1 Å². The number of nitrogens with zero attached hydrogens (tertiary/aromatic N) is 2. The molecule has 1 atom stereocenters. The van der Waals surface area contributed by atoms with Crippen LogP contribution in [-0.2, 0) is 26.2 Å². The molecule has 13 heteroatoms. The molecule has 4 N–H and O–H groups in total. The Morgan fingerprint density at radius 3 is 2.32 bits per heavy atom. The monoisotopic (exact) mass is 536 g/mol. The van der Waals surface area contributed by atoms with Crippen LogP contribution in [0.15, 0.2) is 76.7 Å². The van der Waals surface area contributed by atoms with Crippen LogP contribution in [0.2, 0.25) is 0 Å². The van der Waals surface area contributed by atoms with Gasteiger partial charge < -0.3 is 15.8 Å². The number of rotatable bonds is 6. The van der Waals surface area contributed by atoms with Crippen LogP contribution in [0.5, 0.6) is 0 Å². The van der Waals surface area contributed by atoms with Gasteiger partial charge in [0.1, 0.15) is 6.04 Å². The summed E-state index contributed by atoms with van der Waals surface area (Å²) < 4.78 is 60.0. The third kappa shape index (κ3) is 7.27. The Hall–Kier alpha value is -3.97. The van der Waals surface area contributed by atoms with E-state index < -0.39 is 28.2 Å². The minimum atomic E-state index is -5.08. The van der Waals surface area contributed by atoms with Crippen molar-refractivity contribution in [3.05, 3.63) is 77.9 Å². The van der Waals surface area contributed by atoms with Crippen LogP contribution in [0, 0.1) is 0 Å². The van der Waals surface area contributed by atoms with Crippen LogP contribution in [0.4, 0.5) is 13.2 Å². The summed E-state index contributed by atoms with van der Waals surface area (Å²) in [5, 5.41) is 12.4. The number of carbonyl (C=O) groups excluding carboxylic acids is 1. The van der Waals surface area contributed by atoms with E-state index in [1.54, 1.807) is 29.3 Å². The molecule has 1 aliphatic rings. The van der Waals surface area contributed by atoms with E-state index in [0.717, 1.165) is 21.9 Å². The van der Waals surface area contributed by atoms with Crippen LogP contribution >= 0.6 is 0 Å². The van der Waals surface area contributed by atoms with Gasteiger partial charge in [0.25, 0.3) is 0 Å². The Kier molecular flexibility index (Phi) is 8.50. The lowest BCUT2D eigenvalue weighted by molar-refractivity contribution is -0.192. The number of carboxylic acids is 1. The molecule has 0 aliphatic carbocycles. The molecule has 0 bridgehead atoms. The zero-order valence-corrected chi connectivity index (χ0v) is 20.0. The van der Waals surface area contributed by atoms with Gasteiger partial charge in [-0.3, -0.25) is 4.79 Å². The topological polar surface area (TPSA) is 142 Å². The number of halogens is 3. The van der Waals surface area contributed by atoms with Crippen molar-refractivity contribution in [1.29, 1.82) is 0 Å². The number of nitrogens with two attached hydrogens (primary N) is 1. The van der Waals surface area contributed by atoms with Gasteiger partial charge in [0.15, 0.2) is 0 Å². The number of fused-ring (bicyclic) bond motifs is 1. The van der Waals surface area contributed by atoms with Gasteiger partial charge in [-0.05, 0) is 40.5 Å². The summed E-state index contributed by atoms with van der Waals surface area (Å²) in [6, 6.07) is 19.3. The number of amides is 1. The van der Waals surface area contributed by atoms with Crippen LogP contribution in [0.1, 0.15) is 17.5 Å². The fourth-order valence-electron chi connectivity index (χ4n) is 3.61. The first-order valence-electron chi connectivity index (χ1n) is 10.8. The molecule has 1 saturated heterocycles. The predicted molar refractivity (Wildman–Crippen MR) is 130 cm³/mol. The van der Waals surface area contributed by atoms with Crippen LogP contribution in [-0.4, -0.2) is 55.3 Å². The molecular formula is C24H23F3N4O5S. The van der Waals surface area contributed by atoms with Gasteiger partial charge in [-0.1, -0.05) is 54.6 Å². The first kappa shape index (κ1) is 27.6. The number of likely N-dealkylation sites (tertiary alicyclic amines) is 1. The third-order valence-corrected chi connectivity index (χ3v) is 6.91. The SMILES string of the molecule is NN=Cc1ccc(CN2CC[C@H](NS(=O)(=O)c3ccc4ccccc4c3)C2=O)cc1.O=C(O)C(F)(F)F. The van der Waals surface area contributed by atoms with Gasteiger partial charge >= 0.3 is 12.1 Å². The molecule has 9 nitrogen and oxygen atoms in total. The molecule has 0 saturated carbocycles. The van der Waals surface area contributed by atoms with E-state index in [2.05, 4.69) is 9.82 Å². The maximum Gasteiger partial charge on any atom is 0.490 e. The van der Waals surface area contributed by atoms with E-state index in [4.69, 9.17) is 15.7 Å². The summed E-state index contributed by atoms with van der Waals surface area (Å²) in [6.07, 6.45) is -3.11. The number of carbonyl (C=O) groups is 2. The highest BCUT2D eigenvalue weighted by molar-refractivity contribution is 7.89. The molecule has 0 aromatic heterocycles. The second-order valence-corrected chi connectivity index (χ2v) is 9.77. The van der Waals surface area contributed by atoms with Gasteiger partial charge in [0.2, 0.25) is 15.9 Å². The van der Waals surface area contributed by atoms with Crippen molar-refractivity contribution in [2.24, 2.45) is 10.9 Å². The number of aliphatic carboxylic acids is 1. The minimum Gasteiger partial charge on any atom is -0.475 e. The largest absolute Gasteiger partial charge is 0.490 e. The lowest BCUT2D eigenvalue weighted by Gasteiger charge is -2.17. The molecule has 0 spiro atoms. The smallest absolute Gasteiger partial charge is 0.475 e. The Bertz CT molecular complexity index is 1410. The average Bonchev–Trinajstić information content (AvgIpc) is 3.18. The molecule has 0 unspecified atom stereocenters. The molecule has 37 heavy (non-hydrogen) atoms. The van der Waals surface area contributed by atoms with Crippen molar-refractivity contribution in [2.45, 2.75) is 30.1 Å². The molecule has 196 valence electrons. The minimum absolute atomic E-state index is 0.157. The lowest BCUT2D eigenvalue weighted by atomic mass is 10.1. The van der Waals surface area contributed by atoms with E-state index in [0.29, 0.717) is 19.5 Å². The van der Waals surface area contributed by atoms with Crippen molar-refractivity contribution in [3.63, 3.8) is 0 Å². The number of nitrogens with one attached hydrogen (secondary N) is 1. The summed E-state index contributed by atoms with van der Waals surface area (Å²) in [7, 11) is -3.80. The second-order valence-electron chi connectivity index (χ2n) is 8.05. The maximum absolute atomic E-state index is 12.8. The molecule has 1 fully saturated rings. The van der Waals surface area contributed by atoms with Crippen molar-refractivity contribution in [3.8, 4) is 0 Å². The number of benzene rings is 3. The first-order chi connectivity index (χ1) is 17.4. The fraction of sp³-hybridized carbons (Fsp3) is 0.208. The van der Waals surface area contributed by atoms with Crippen molar-refractivity contribution >= 4 is 38.9 Å². The normalized spacial score (nSPS) is 16.1. The number of hydrogen-bond donors (Lipinski definition) is 3. The summed E-state index contributed by atoms with van der Waals surface area (Å²) in [5.41, 5.74) is 1.82. The molecule has 0 radical (unpaired) electrons. The third-order valence-electron chi connectivity index (χ3n) is 5.45. The molecule has 3 aromatic carbocycles. The van der Waals surface area contributed by atoms with Crippen molar-refractivity contribution in [1.82, 2.24) is 9.62 Å². The number of hydrogen-bond acceptors (Lipinski definition) is 6. The fourth-order valence-corrected chi connectivity index (χ4v) is 4.87. The Morgan fingerprint density at radius 2 is 1.73 bits per heavy atom. The highest BCUT2D eigenvalue weighted by atomic mass is 32.2. The number of hydrazone groups is 1. The zero-order valence-electron chi connectivity index (χ0n) is 19.2. The van der Waals surface area contributed by atoms with Crippen molar-refractivity contribution in [2.75, 3.05) is 6.54 Å². The molecule has 1 aliphatic heterocycles. The second kappa shape index (κ2) is 11.4.